The fraction of sp³-hybridized carbons (Fsp3) is 0.600. The van der Waals surface area contributed by atoms with Gasteiger partial charge in [0.2, 0.25) is 0 Å². The molecule has 15 heavy (non-hydrogen) atoms. The molecule has 0 radical (unpaired) electrons. The summed E-state index contributed by atoms with van der Waals surface area (Å²) in [5.74, 6) is 0. The van der Waals surface area contributed by atoms with Crippen molar-refractivity contribution < 1.29 is 0 Å². The van der Waals surface area contributed by atoms with E-state index in [1.54, 1.807) is 0 Å². The Hall–Kier alpha value is -0.780. The zero-order chi connectivity index (χ0) is 11.7. The molecule has 0 saturated carbocycles. The van der Waals surface area contributed by atoms with Crippen LogP contribution in [0.4, 0.5) is 0 Å². The Bertz CT molecular complexity index is 241. The highest BCUT2D eigenvalue weighted by molar-refractivity contribution is 5.03. The molecule has 0 rings (SSSR count). The van der Waals surface area contributed by atoms with E-state index in [-0.39, 0.29) is 0 Å². The van der Waals surface area contributed by atoms with Crippen molar-refractivity contribution in [1.82, 2.24) is 0 Å². The third-order valence-electron chi connectivity index (χ3n) is 2.70. The number of rotatable bonds is 7. The minimum Gasteiger partial charge on any atom is -0.100 e. The van der Waals surface area contributed by atoms with Gasteiger partial charge in [0.25, 0.3) is 0 Å². The topological polar surface area (TPSA) is 0 Å². The first-order chi connectivity index (χ1) is 7.06. The highest BCUT2D eigenvalue weighted by Gasteiger charge is 1.92. The largest absolute Gasteiger partial charge is 0.100 e. The normalized spacial score (nSPS) is 13.1. The van der Waals surface area contributed by atoms with E-state index in [4.69, 9.17) is 0 Å². The second-order valence-corrected chi connectivity index (χ2v) is 4.53. The van der Waals surface area contributed by atoms with Gasteiger partial charge in [-0.3, -0.25) is 0 Å². The first-order valence-corrected chi connectivity index (χ1v) is 5.98. The molecule has 0 atom stereocenters. The molecule has 0 N–H and O–H groups in total. The van der Waals surface area contributed by atoms with Gasteiger partial charge in [-0.2, -0.15) is 0 Å². The van der Waals surface area contributed by atoms with Crippen molar-refractivity contribution >= 4 is 0 Å². The van der Waals surface area contributed by atoms with Gasteiger partial charge in [0.15, 0.2) is 0 Å². The molecule has 0 nitrogen and oxygen atoms in total. The second-order valence-electron chi connectivity index (χ2n) is 4.53. The van der Waals surface area contributed by atoms with Gasteiger partial charge in [-0.15, -0.1) is 6.58 Å². The van der Waals surface area contributed by atoms with Crippen LogP contribution in [0.15, 0.2) is 35.5 Å². The van der Waals surface area contributed by atoms with E-state index in [0.29, 0.717) is 0 Å². The Morgan fingerprint density at radius 3 is 2.20 bits per heavy atom. The van der Waals surface area contributed by atoms with Gasteiger partial charge in [0, 0.05) is 0 Å². The monoisotopic (exact) mass is 206 g/mol. The van der Waals surface area contributed by atoms with Crippen LogP contribution in [0, 0.1) is 0 Å². The Morgan fingerprint density at radius 2 is 1.67 bits per heavy atom. The fourth-order valence-corrected chi connectivity index (χ4v) is 1.46. The molecule has 0 aliphatic rings. The summed E-state index contributed by atoms with van der Waals surface area (Å²) in [6.07, 6.45) is 10.6. The molecule has 0 aliphatic heterocycles. The molecule has 0 heterocycles. The van der Waals surface area contributed by atoms with Crippen LogP contribution >= 0.6 is 0 Å². The van der Waals surface area contributed by atoms with Crippen LogP contribution in [-0.2, 0) is 0 Å². The highest BCUT2D eigenvalue weighted by atomic mass is 14.0. The Kier molecular flexibility index (Phi) is 8.08. The average molecular weight is 206 g/mol. The van der Waals surface area contributed by atoms with Crippen molar-refractivity contribution in [2.75, 3.05) is 0 Å². The molecule has 0 aromatic heterocycles. The third-order valence-corrected chi connectivity index (χ3v) is 2.70. The SMILES string of the molecule is C=C(C)CCCC(C)=CCCC(C)=CC. The lowest BCUT2D eigenvalue weighted by molar-refractivity contribution is 0.798. The molecule has 0 bridgehead atoms. The van der Waals surface area contributed by atoms with Crippen LogP contribution in [0.25, 0.3) is 0 Å². The molecule has 0 fully saturated rings. The molecule has 0 aromatic rings. The molecule has 0 unspecified atom stereocenters. The minimum atomic E-state index is 1.17. The molecule has 0 aromatic carbocycles. The van der Waals surface area contributed by atoms with E-state index in [9.17, 15) is 0 Å². The van der Waals surface area contributed by atoms with Gasteiger partial charge >= 0.3 is 0 Å². The molecular formula is C15H26. The maximum atomic E-state index is 3.92. The summed E-state index contributed by atoms with van der Waals surface area (Å²) in [4.78, 5) is 0. The fourth-order valence-electron chi connectivity index (χ4n) is 1.46. The van der Waals surface area contributed by atoms with Crippen molar-refractivity contribution in [3.05, 3.63) is 35.5 Å². The van der Waals surface area contributed by atoms with Crippen LogP contribution in [0.1, 0.15) is 59.8 Å². The Morgan fingerprint density at radius 1 is 1.00 bits per heavy atom. The summed E-state index contributed by atoms with van der Waals surface area (Å²) in [6.45, 7) is 12.6. The van der Waals surface area contributed by atoms with Crippen LogP contribution in [0.2, 0.25) is 0 Å². The van der Waals surface area contributed by atoms with Crippen LogP contribution in [0.3, 0.4) is 0 Å². The highest BCUT2D eigenvalue weighted by Crippen LogP contribution is 2.12. The van der Waals surface area contributed by atoms with Crippen molar-refractivity contribution in [3.63, 3.8) is 0 Å². The van der Waals surface area contributed by atoms with Gasteiger partial charge in [-0.05, 0) is 59.8 Å². The van der Waals surface area contributed by atoms with E-state index in [1.807, 2.05) is 0 Å². The zero-order valence-corrected chi connectivity index (χ0v) is 10.9. The number of hydrogen-bond donors (Lipinski definition) is 0. The van der Waals surface area contributed by atoms with E-state index in [1.165, 1.54) is 48.8 Å². The van der Waals surface area contributed by atoms with Gasteiger partial charge in [-0.1, -0.05) is 28.9 Å². The number of allylic oxidation sites excluding steroid dienone is 5. The maximum Gasteiger partial charge on any atom is -0.0288 e. The van der Waals surface area contributed by atoms with Gasteiger partial charge in [-0.25, -0.2) is 0 Å². The van der Waals surface area contributed by atoms with Crippen LogP contribution in [0.5, 0.6) is 0 Å². The lowest BCUT2D eigenvalue weighted by atomic mass is 10.0. The molecule has 0 spiro atoms. The van der Waals surface area contributed by atoms with Gasteiger partial charge in [0.05, 0.1) is 0 Å². The van der Waals surface area contributed by atoms with E-state index < -0.39 is 0 Å². The molecule has 0 heteroatoms. The standard InChI is InChI=1S/C15H26/c1-6-14(4)10-8-12-15(5)11-7-9-13(2)3/h6,12H,2,7-11H2,1,3-5H3. The predicted octanol–water partition coefficient (Wildman–Crippen LogP) is 5.43. The Balaban J connectivity index is 3.65. The number of hydrogen-bond acceptors (Lipinski definition) is 0. The van der Waals surface area contributed by atoms with E-state index >= 15 is 0 Å². The quantitative estimate of drug-likeness (QED) is 0.487. The van der Waals surface area contributed by atoms with Crippen molar-refractivity contribution in [3.8, 4) is 0 Å². The van der Waals surface area contributed by atoms with Gasteiger partial charge in [0.1, 0.15) is 0 Å². The zero-order valence-electron chi connectivity index (χ0n) is 10.9. The summed E-state index contributed by atoms with van der Waals surface area (Å²) in [5.41, 5.74) is 4.31. The smallest absolute Gasteiger partial charge is 0.0288 e. The molecule has 0 aliphatic carbocycles. The van der Waals surface area contributed by atoms with Crippen molar-refractivity contribution in [1.29, 1.82) is 0 Å². The summed E-state index contributed by atoms with van der Waals surface area (Å²) in [6, 6.07) is 0. The van der Waals surface area contributed by atoms with Crippen molar-refractivity contribution in [2.45, 2.75) is 59.8 Å². The minimum absolute atomic E-state index is 1.17. The van der Waals surface area contributed by atoms with Crippen LogP contribution in [-0.4, -0.2) is 0 Å². The average Bonchev–Trinajstić information content (AvgIpc) is 2.17. The van der Waals surface area contributed by atoms with E-state index in [0.717, 1.165) is 0 Å². The first-order valence-electron chi connectivity index (χ1n) is 5.98. The van der Waals surface area contributed by atoms with E-state index in [2.05, 4.69) is 46.4 Å². The van der Waals surface area contributed by atoms with Crippen molar-refractivity contribution in [2.24, 2.45) is 0 Å². The predicted molar refractivity (Wildman–Crippen MR) is 71.1 cm³/mol. The molecule has 0 saturated heterocycles. The summed E-state index contributed by atoms with van der Waals surface area (Å²) >= 11 is 0. The van der Waals surface area contributed by atoms with Gasteiger partial charge < -0.3 is 0 Å². The molecule has 86 valence electrons. The summed E-state index contributed by atoms with van der Waals surface area (Å²) in [5, 5.41) is 0. The van der Waals surface area contributed by atoms with Crippen LogP contribution < -0.4 is 0 Å². The molecular weight excluding hydrogens is 180 g/mol. The first kappa shape index (κ1) is 14.2. The Labute approximate surface area is 95.8 Å². The maximum absolute atomic E-state index is 3.92. The summed E-state index contributed by atoms with van der Waals surface area (Å²) in [7, 11) is 0. The second kappa shape index (κ2) is 8.52. The summed E-state index contributed by atoms with van der Waals surface area (Å²) < 4.78 is 0. The molecule has 0 amide bonds. The third kappa shape index (κ3) is 9.52. The lowest BCUT2D eigenvalue weighted by Crippen LogP contribution is -1.82. The lowest BCUT2D eigenvalue weighted by Gasteiger charge is -2.02.